The van der Waals surface area contributed by atoms with Gasteiger partial charge in [0, 0.05) is 23.8 Å². The summed E-state index contributed by atoms with van der Waals surface area (Å²) in [6, 6.07) is 5.08. The summed E-state index contributed by atoms with van der Waals surface area (Å²) in [4.78, 5) is 4.28. The molecule has 0 amide bonds. The molecule has 0 radical (unpaired) electrons. The van der Waals surface area contributed by atoms with Gasteiger partial charge in [0.25, 0.3) is 0 Å². The molecule has 2 aromatic rings. The summed E-state index contributed by atoms with van der Waals surface area (Å²) >= 11 is 0. The lowest BCUT2D eigenvalue weighted by Gasteiger charge is -2.22. The Kier molecular flexibility index (Phi) is 3.72. The number of pyridine rings is 1. The fraction of sp³-hybridized carbons (Fsp3) is 0.438. The van der Waals surface area contributed by atoms with E-state index in [4.69, 9.17) is 5.73 Å². The first-order valence-electron chi connectivity index (χ1n) is 7.32. The summed E-state index contributed by atoms with van der Waals surface area (Å²) < 4.78 is 14.2. The molecule has 0 atom stereocenters. The highest BCUT2D eigenvalue weighted by Gasteiger charge is 2.16. The maximum absolute atomic E-state index is 14.2. The summed E-state index contributed by atoms with van der Waals surface area (Å²) in [5, 5.41) is 4.07. The molecule has 0 unspecified atom stereocenters. The molecule has 3 nitrogen and oxygen atoms in total. The Hall–Kier alpha value is -1.84. The van der Waals surface area contributed by atoms with Crippen molar-refractivity contribution in [2.24, 2.45) is 5.92 Å². The van der Waals surface area contributed by atoms with E-state index >= 15 is 0 Å². The molecule has 1 fully saturated rings. The maximum Gasteiger partial charge on any atom is 0.150 e. The lowest BCUT2D eigenvalue weighted by atomic mass is 9.89. The number of nitrogens with one attached hydrogen (secondary N) is 1. The van der Waals surface area contributed by atoms with Gasteiger partial charge in [-0.05, 0) is 37.0 Å². The van der Waals surface area contributed by atoms with Crippen LogP contribution in [0.25, 0.3) is 10.9 Å². The smallest absolute Gasteiger partial charge is 0.150 e. The molecule has 1 heterocycles. The average Bonchev–Trinajstić information content (AvgIpc) is 2.48. The van der Waals surface area contributed by atoms with Crippen LogP contribution in [-0.2, 0) is 0 Å². The number of rotatable bonds is 3. The van der Waals surface area contributed by atoms with E-state index in [0.29, 0.717) is 22.8 Å². The highest BCUT2D eigenvalue weighted by Crippen LogP contribution is 2.31. The lowest BCUT2D eigenvalue weighted by molar-refractivity contribution is 0.373. The predicted molar refractivity (Wildman–Crippen MR) is 81.2 cm³/mol. The molecule has 0 spiro atoms. The van der Waals surface area contributed by atoms with E-state index in [2.05, 4.69) is 10.3 Å². The third-order valence-electron chi connectivity index (χ3n) is 4.17. The Morgan fingerprint density at radius 3 is 2.90 bits per heavy atom. The number of hydrogen-bond acceptors (Lipinski definition) is 3. The molecule has 4 heteroatoms. The molecule has 0 saturated heterocycles. The summed E-state index contributed by atoms with van der Waals surface area (Å²) in [7, 11) is 0. The van der Waals surface area contributed by atoms with E-state index in [0.717, 1.165) is 11.9 Å². The second-order valence-corrected chi connectivity index (χ2v) is 5.61. The van der Waals surface area contributed by atoms with Crippen molar-refractivity contribution in [3.05, 3.63) is 30.2 Å². The number of nitrogens with two attached hydrogens (primary N) is 1. The van der Waals surface area contributed by atoms with Gasteiger partial charge in [-0.2, -0.15) is 0 Å². The zero-order chi connectivity index (χ0) is 13.9. The van der Waals surface area contributed by atoms with Crippen LogP contribution in [0.1, 0.15) is 32.1 Å². The molecule has 20 heavy (non-hydrogen) atoms. The number of hydrogen-bond donors (Lipinski definition) is 2. The zero-order valence-electron chi connectivity index (χ0n) is 11.5. The van der Waals surface area contributed by atoms with Gasteiger partial charge in [0.05, 0.1) is 11.2 Å². The van der Waals surface area contributed by atoms with Crippen molar-refractivity contribution in [2.45, 2.75) is 32.1 Å². The van der Waals surface area contributed by atoms with Crippen LogP contribution in [0.3, 0.4) is 0 Å². The van der Waals surface area contributed by atoms with Gasteiger partial charge in [-0.15, -0.1) is 0 Å². The maximum atomic E-state index is 14.2. The van der Waals surface area contributed by atoms with E-state index in [1.165, 1.54) is 38.2 Å². The van der Waals surface area contributed by atoms with Crippen molar-refractivity contribution >= 4 is 22.3 Å². The number of benzene rings is 1. The summed E-state index contributed by atoms with van der Waals surface area (Å²) in [5.74, 6) is 0.323. The summed E-state index contributed by atoms with van der Waals surface area (Å²) in [6.07, 6.45) is 8.04. The van der Waals surface area contributed by atoms with Gasteiger partial charge in [-0.1, -0.05) is 19.3 Å². The van der Waals surface area contributed by atoms with Crippen LogP contribution in [0.5, 0.6) is 0 Å². The van der Waals surface area contributed by atoms with Crippen LogP contribution >= 0.6 is 0 Å². The Labute approximate surface area is 118 Å². The minimum Gasteiger partial charge on any atom is -0.398 e. The molecule has 1 aliphatic rings. The molecule has 3 rings (SSSR count). The molecule has 1 aromatic carbocycles. The third-order valence-corrected chi connectivity index (χ3v) is 4.17. The average molecular weight is 273 g/mol. The second-order valence-electron chi connectivity index (χ2n) is 5.61. The normalized spacial score (nSPS) is 16.4. The van der Waals surface area contributed by atoms with E-state index in [1.54, 1.807) is 6.20 Å². The molecule has 0 bridgehead atoms. The van der Waals surface area contributed by atoms with E-state index in [1.807, 2.05) is 12.1 Å². The monoisotopic (exact) mass is 273 g/mol. The number of nitrogens with zero attached hydrogens (tertiary/aromatic N) is 1. The Bertz CT molecular complexity index is 606. The zero-order valence-corrected chi connectivity index (χ0v) is 11.5. The predicted octanol–water partition coefficient (Wildman–Crippen LogP) is 3.95. The Balaban J connectivity index is 1.86. The van der Waals surface area contributed by atoms with Gasteiger partial charge in [-0.25, -0.2) is 4.39 Å². The van der Waals surface area contributed by atoms with E-state index in [-0.39, 0.29) is 5.82 Å². The molecule has 1 aliphatic carbocycles. The van der Waals surface area contributed by atoms with Crippen LogP contribution in [0.4, 0.5) is 15.8 Å². The number of aromatic nitrogens is 1. The quantitative estimate of drug-likeness (QED) is 0.833. The lowest BCUT2D eigenvalue weighted by Crippen LogP contribution is -2.18. The van der Waals surface area contributed by atoms with Gasteiger partial charge in [0.15, 0.2) is 5.82 Å². The number of nitrogen functional groups attached to an aromatic ring is 1. The van der Waals surface area contributed by atoms with Crippen molar-refractivity contribution in [1.29, 1.82) is 0 Å². The minimum absolute atomic E-state index is 0.315. The number of fused-ring (bicyclic) bond motifs is 1. The van der Waals surface area contributed by atoms with Crippen LogP contribution in [-0.4, -0.2) is 11.5 Å². The minimum atomic E-state index is -0.315. The molecule has 0 aliphatic heterocycles. The van der Waals surface area contributed by atoms with Crippen molar-refractivity contribution in [3.8, 4) is 0 Å². The Morgan fingerprint density at radius 1 is 1.30 bits per heavy atom. The van der Waals surface area contributed by atoms with Crippen LogP contribution in [0.15, 0.2) is 24.4 Å². The molecular weight excluding hydrogens is 253 g/mol. The second kappa shape index (κ2) is 5.65. The first kappa shape index (κ1) is 13.2. The van der Waals surface area contributed by atoms with E-state index in [9.17, 15) is 4.39 Å². The molecular formula is C16H20FN3. The largest absolute Gasteiger partial charge is 0.398 e. The summed E-state index contributed by atoms with van der Waals surface area (Å²) in [6.45, 7) is 0.812. The number of halogens is 1. The fourth-order valence-electron chi connectivity index (χ4n) is 3.04. The van der Waals surface area contributed by atoms with Crippen molar-refractivity contribution in [1.82, 2.24) is 4.98 Å². The summed E-state index contributed by atoms with van der Waals surface area (Å²) in [5.41, 5.74) is 7.41. The fourth-order valence-corrected chi connectivity index (χ4v) is 3.04. The highest BCUT2D eigenvalue weighted by atomic mass is 19.1. The van der Waals surface area contributed by atoms with Gasteiger partial charge in [-0.3, -0.25) is 4.98 Å². The van der Waals surface area contributed by atoms with Gasteiger partial charge < -0.3 is 11.1 Å². The Morgan fingerprint density at radius 2 is 2.10 bits per heavy atom. The molecule has 106 valence electrons. The standard InChI is InChI=1S/C16H20FN3/c17-13-9-14(18)12-7-4-8-19-15(12)16(13)20-10-11-5-2-1-3-6-11/h4,7-9,11,20H,1-3,5-6,10,18H2. The van der Waals surface area contributed by atoms with E-state index < -0.39 is 0 Å². The van der Waals surface area contributed by atoms with Gasteiger partial charge in [0.2, 0.25) is 0 Å². The van der Waals surface area contributed by atoms with Gasteiger partial charge in [0.1, 0.15) is 0 Å². The molecule has 1 aromatic heterocycles. The van der Waals surface area contributed by atoms with Gasteiger partial charge >= 0.3 is 0 Å². The third kappa shape index (κ3) is 2.55. The van der Waals surface area contributed by atoms with Crippen molar-refractivity contribution in [2.75, 3.05) is 17.6 Å². The first-order valence-corrected chi connectivity index (χ1v) is 7.32. The molecule has 1 saturated carbocycles. The topological polar surface area (TPSA) is 50.9 Å². The SMILES string of the molecule is Nc1cc(F)c(NCC2CCCCC2)c2ncccc12. The van der Waals surface area contributed by atoms with Crippen molar-refractivity contribution < 1.29 is 4.39 Å². The molecule has 3 N–H and O–H groups in total. The van der Waals surface area contributed by atoms with Crippen molar-refractivity contribution in [3.63, 3.8) is 0 Å². The highest BCUT2D eigenvalue weighted by molar-refractivity contribution is 5.98. The first-order chi connectivity index (χ1) is 9.75. The van der Waals surface area contributed by atoms with Crippen LogP contribution in [0, 0.1) is 11.7 Å². The number of anilines is 2. The van der Waals surface area contributed by atoms with Crippen LogP contribution in [0.2, 0.25) is 0 Å². The van der Waals surface area contributed by atoms with Crippen LogP contribution < -0.4 is 11.1 Å².